The van der Waals surface area contributed by atoms with Crippen LogP contribution in [0.1, 0.15) is 56.7 Å². The molecule has 0 saturated carbocycles. The fraction of sp³-hybridized carbons (Fsp3) is 0.394. The van der Waals surface area contributed by atoms with E-state index in [0.717, 1.165) is 29.5 Å². The summed E-state index contributed by atoms with van der Waals surface area (Å²) in [4.78, 5) is 29.1. The first-order valence-electron chi connectivity index (χ1n) is 14.1. The zero-order chi connectivity index (χ0) is 27.9. The molecule has 3 rings (SSSR count). The van der Waals surface area contributed by atoms with Crippen molar-refractivity contribution < 1.29 is 19.1 Å². The lowest BCUT2D eigenvalue weighted by molar-refractivity contribution is -0.141. The summed E-state index contributed by atoms with van der Waals surface area (Å²) in [7, 11) is 0. The van der Waals surface area contributed by atoms with Crippen molar-refractivity contribution in [3.63, 3.8) is 0 Å². The minimum absolute atomic E-state index is 0.0581. The van der Waals surface area contributed by atoms with Crippen LogP contribution in [0, 0.1) is 0 Å². The molecule has 0 aliphatic heterocycles. The van der Waals surface area contributed by atoms with E-state index in [-0.39, 0.29) is 18.2 Å². The fourth-order valence-electron chi connectivity index (χ4n) is 4.49. The maximum Gasteiger partial charge on any atom is 0.243 e. The van der Waals surface area contributed by atoms with Crippen molar-refractivity contribution in [2.24, 2.45) is 0 Å². The van der Waals surface area contributed by atoms with Crippen LogP contribution in [0.4, 0.5) is 0 Å². The molecule has 1 N–H and O–H groups in total. The van der Waals surface area contributed by atoms with E-state index < -0.39 is 6.04 Å². The smallest absolute Gasteiger partial charge is 0.243 e. The molecule has 0 heterocycles. The van der Waals surface area contributed by atoms with E-state index in [1.54, 1.807) is 4.90 Å². The van der Waals surface area contributed by atoms with Crippen LogP contribution in [0.15, 0.2) is 78.9 Å². The van der Waals surface area contributed by atoms with Gasteiger partial charge in [-0.2, -0.15) is 0 Å². The van der Waals surface area contributed by atoms with E-state index in [2.05, 4.69) is 12.2 Å². The number of unbranched alkanes of at least 4 members (excludes halogenated alkanes) is 1. The van der Waals surface area contributed by atoms with E-state index in [9.17, 15) is 9.59 Å². The zero-order valence-electron chi connectivity index (χ0n) is 23.5. The Balaban J connectivity index is 1.85. The number of aryl methyl sites for hydroxylation is 1. The monoisotopic (exact) mass is 530 g/mol. The first kappa shape index (κ1) is 29.8. The van der Waals surface area contributed by atoms with Gasteiger partial charge in [0.1, 0.15) is 6.04 Å². The normalized spacial score (nSPS) is 11.5. The number of ether oxygens (including phenoxy) is 2. The molecule has 0 aliphatic carbocycles. The van der Waals surface area contributed by atoms with Crippen molar-refractivity contribution in [3.05, 3.63) is 95.6 Å². The third-order valence-electron chi connectivity index (χ3n) is 6.53. The Labute approximate surface area is 233 Å². The fourth-order valence-corrected chi connectivity index (χ4v) is 4.49. The van der Waals surface area contributed by atoms with Crippen molar-refractivity contribution in [2.45, 2.75) is 65.5 Å². The van der Waals surface area contributed by atoms with Crippen LogP contribution in [-0.4, -0.2) is 42.5 Å². The van der Waals surface area contributed by atoms with Crippen LogP contribution in [0.3, 0.4) is 0 Å². The summed E-state index contributed by atoms with van der Waals surface area (Å²) in [6.07, 6.45) is 3.15. The third kappa shape index (κ3) is 9.47. The zero-order valence-corrected chi connectivity index (χ0v) is 23.5. The van der Waals surface area contributed by atoms with Gasteiger partial charge in [-0.1, -0.05) is 80.1 Å². The van der Waals surface area contributed by atoms with Gasteiger partial charge in [-0.3, -0.25) is 9.59 Å². The molecule has 1 atom stereocenters. The summed E-state index contributed by atoms with van der Waals surface area (Å²) < 4.78 is 11.5. The summed E-state index contributed by atoms with van der Waals surface area (Å²) in [5, 5.41) is 3.08. The number of benzene rings is 3. The largest absolute Gasteiger partial charge is 0.490 e. The number of carbonyl (C=O) groups excluding carboxylic acids is 2. The Hall–Kier alpha value is -3.80. The van der Waals surface area contributed by atoms with Gasteiger partial charge in [-0.05, 0) is 55.5 Å². The minimum atomic E-state index is -0.615. The van der Waals surface area contributed by atoms with Crippen LogP contribution >= 0.6 is 0 Å². The molecule has 0 aliphatic rings. The predicted molar refractivity (Wildman–Crippen MR) is 156 cm³/mol. The lowest BCUT2D eigenvalue weighted by atomic mass is 10.0. The average Bonchev–Trinajstić information content (AvgIpc) is 2.96. The highest BCUT2D eigenvalue weighted by Gasteiger charge is 2.30. The molecule has 0 fully saturated rings. The first-order chi connectivity index (χ1) is 19.0. The summed E-state index contributed by atoms with van der Waals surface area (Å²) in [6.45, 7) is 8.01. The SMILES string of the molecule is CCCCNC(=O)C(Cc1ccccc1)N(Cc1ccccc1)C(=O)CCc1ccc(OCC)c(OCC)c1. The average molecular weight is 531 g/mol. The van der Waals surface area contributed by atoms with Gasteiger partial charge in [0.15, 0.2) is 11.5 Å². The molecule has 0 bridgehead atoms. The molecular weight excluding hydrogens is 488 g/mol. The van der Waals surface area contributed by atoms with Gasteiger partial charge in [0, 0.05) is 25.9 Å². The standard InChI is InChI=1S/C33H42N2O4/c1-4-7-22-34-33(37)29(23-26-14-10-8-11-15-26)35(25-28-16-12-9-13-17-28)32(36)21-19-27-18-20-30(38-5-2)31(24-27)39-6-3/h8-18,20,24,29H,4-7,19,21-23,25H2,1-3H3,(H,34,37). The molecule has 39 heavy (non-hydrogen) atoms. The van der Waals surface area contributed by atoms with E-state index in [1.807, 2.05) is 92.7 Å². The Bertz CT molecular complexity index is 1150. The number of amides is 2. The minimum Gasteiger partial charge on any atom is -0.490 e. The number of rotatable bonds is 16. The molecular formula is C33H42N2O4. The van der Waals surface area contributed by atoms with Crippen LogP contribution < -0.4 is 14.8 Å². The van der Waals surface area contributed by atoms with E-state index >= 15 is 0 Å². The predicted octanol–water partition coefficient (Wildman–Crippen LogP) is 5.97. The number of hydrogen-bond acceptors (Lipinski definition) is 4. The number of nitrogens with zero attached hydrogens (tertiary/aromatic N) is 1. The summed E-state index contributed by atoms with van der Waals surface area (Å²) in [6, 6.07) is 25.0. The van der Waals surface area contributed by atoms with Gasteiger partial charge in [0.25, 0.3) is 0 Å². The van der Waals surface area contributed by atoms with Crippen LogP contribution in [0.5, 0.6) is 11.5 Å². The van der Waals surface area contributed by atoms with Crippen molar-refractivity contribution in [1.29, 1.82) is 0 Å². The number of nitrogens with one attached hydrogen (secondary N) is 1. The highest BCUT2D eigenvalue weighted by Crippen LogP contribution is 2.29. The van der Waals surface area contributed by atoms with Gasteiger partial charge >= 0.3 is 0 Å². The molecule has 0 aromatic heterocycles. The van der Waals surface area contributed by atoms with Crippen molar-refractivity contribution in [2.75, 3.05) is 19.8 Å². The van der Waals surface area contributed by atoms with Crippen molar-refractivity contribution >= 4 is 11.8 Å². The van der Waals surface area contributed by atoms with Gasteiger partial charge in [0.2, 0.25) is 11.8 Å². The molecule has 208 valence electrons. The topological polar surface area (TPSA) is 67.9 Å². The van der Waals surface area contributed by atoms with Gasteiger partial charge < -0.3 is 19.7 Å². The molecule has 3 aromatic carbocycles. The van der Waals surface area contributed by atoms with Crippen LogP contribution in [-0.2, 0) is 29.0 Å². The second-order valence-corrected chi connectivity index (χ2v) is 9.50. The molecule has 1 unspecified atom stereocenters. The van der Waals surface area contributed by atoms with Crippen molar-refractivity contribution in [3.8, 4) is 11.5 Å². The maximum absolute atomic E-state index is 13.9. The van der Waals surface area contributed by atoms with Crippen LogP contribution in [0.2, 0.25) is 0 Å². The highest BCUT2D eigenvalue weighted by atomic mass is 16.5. The molecule has 2 amide bonds. The molecule has 0 radical (unpaired) electrons. The molecule has 6 heteroatoms. The highest BCUT2D eigenvalue weighted by molar-refractivity contribution is 5.88. The van der Waals surface area contributed by atoms with E-state index in [4.69, 9.17) is 9.47 Å². The van der Waals surface area contributed by atoms with Gasteiger partial charge in [-0.25, -0.2) is 0 Å². The van der Waals surface area contributed by atoms with Crippen LogP contribution in [0.25, 0.3) is 0 Å². The van der Waals surface area contributed by atoms with Crippen molar-refractivity contribution in [1.82, 2.24) is 10.2 Å². The first-order valence-corrected chi connectivity index (χ1v) is 14.1. The second kappa shape index (κ2) is 16.2. The summed E-state index contributed by atoms with van der Waals surface area (Å²) in [5.74, 6) is 1.21. The second-order valence-electron chi connectivity index (χ2n) is 9.50. The van der Waals surface area contributed by atoms with E-state index in [0.29, 0.717) is 50.6 Å². The molecule has 0 saturated heterocycles. The quantitative estimate of drug-likeness (QED) is 0.232. The lowest BCUT2D eigenvalue weighted by Gasteiger charge is -2.31. The Morgan fingerprint density at radius 3 is 2.08 bits per heavy atom. The Morgan fingerprint density at radius 1 is 0.795 bits per heavy atom. The molecule has 3 aromatic rings. The lowest BCUT2D eigenvalue weighted by Crippen LogP contribution is -2.50. The Kier molecular flexibility index (Phi) is 12.4. The molecule has 6 nitrogen and oxygen atoms in total. The maximum atomic E-state index is 13.9. The summed E-state index contributed by atoms with van der Waals surface area (Å²) in [5.41, 5.74) is 3.00. The number of hydrogen-bond donors (Lipinski definition) is 1. The third-order valence-corrected chi connectivity index (χ3v) is 6.53. The van der Waals surface area contributed by atoms with Gasteiger partial charge in [-0.15, -0.1) is 0 Å². The summed E-state index contributed by atoms with van der Waals surface area (Å²) >= 11 is 0. The number of carbonyl (C=O) groups is 2. The van der Waals surface area contributed by atoms with Gasteiger partial charge in [0.05, 0.1) is 13.2 Å². The Morgan fingerprint density at radius 2 is 1.44 bits per heavy atom. The van der Waals surface area contributed by atoms with E-state index in [1.165, 1.54) is 0 Å². The molecule has 0 spiro atoms.